The van der Waals surface area contributed by atoms with Crippen LogP contribution in [0, 0.1) is 0 Å². The fraction of sp³-hybridized carbons (Fsp3) is 0.750. The van der Waals surface area contributed by atoms with Crippen LogP contribution in [-0.4, -0.2) is 28.5 Å². The Labute approximate surface area is 97.8 Å². The minimum Gasteiger partial charge on any atom is -0.374 e. The first-order valence-electron chi connectivity index (χ1n) is 5.86. The maximum absolute atomic E-state index is 5.64. The molecule has 0 aliphatic rings. The van der Waals surface area contributed by atoms with E-state index in [9.17, 15) is 0 Å². The predicted molar refractivity (Wildman–Crippen MR) is 65.3 cm³/mol. The first-order chi connectivity index (χ1) is 7.51. The topological polar surface area (TPSA) is 53.1 Å². The van der Waals surface area contributed by atoms with Crippen LogP contribution >= 0.6 is 0 Å². The number of rotatable bonds is 6. The molecule has 4 heteroatoms. The third-order valence-corrected chi connectivity index (χ3v) is 2.21. The van der Waals surface area contributed by atoms with Crippen LogP contribution in [0.3, 0.4) is 0 Å². The van der Waals surface area contributed by atoms with Crippen molar-refractivity contribution in [1.82, 2.24) is 9.78 Å². The number of nitrogens with two attached hydrogens (primary N) is 1. The fourth-order valence-corrected chi connectivity index (χ4v) is 1.41. The highest BCUT2D eigenvalue weighted by molar-refractivity contribution is 5.03. The zero-order chi connectivity index (χ0) is 12.0. The normalized spacial score (nSPS) is 12.0. The first kappa shape index (κ1) is 13.2. The molecule has 0 saturated heterocycles. The third-order valence-electron chi connectivity index (χ3n) is 2.21. The van der Waals surface area contributed by atoms with E-state index < -0.39 is 0 Å². The molecule has 1 aromatic rings. The average Bonchev–Trinajstić information content (AvgIpc) is 2.61. The van der Waals surface area contributed by atoms with E-state index in [-0.39, 0.29) is 5.60 Å². The molecule has 0 atom stereocenters. The summed E-state index contributed by atoms with van der Waals surface area (Å²) in [6.07, 6.45) is 6.01. The highest BCUT2D eigenvalue weighted by Gasteiger charge is 2.09. The Kier molecular flexibility index (Phi) is 4.96. The Morgan fingerprint density at radius 3 is 2.81 bits per heavy atom. The van der Waals surface area contributed by atoms with Crippen molar-refractivity contribution >= 4 is 0 Å². The summed E-state index contributed by atoms with van der Waals surface area (Å²) in [6.45, 7) is 8.41. The zero-order valence-electron chi connectivity index (χ0n) is 10.6. The molecular formula is C12H23N3O. The minimum atomic E-state index is -0.0739. The van der Waals surface area contributed by atoms with Gasteiger partial charge in [0.25, 0.3) is 0 Å². The van der Waals surface area contributed by atoms with Gasteiger partial charge in [-0.25, -0.2) is 0 Å². The Bertz CT molecular complexity index is 301. The Balaban J connectivity index is 2.29. The molecule has 0 aromatic carbocycles. The number of aryl methyl sites for hydroxylation is 1. The lowest BCUT2D eigenvalue weighted by molar-refractivity contribution is -0.00789. The molecule has 16 heavy (non-hydrogen) atoms. The molecule has 0 unspecified atom stereocenters. The molecule has 0 fully saturated rings. The van der Waals surface area contributed by atoms with Crippen molar-refractivity contribution in [1.29, 1.82) is 0 Å². The number of ether oxygens (including phenoxy) is 1. The van der Waals surface area contributed by atoms with Crippen molar-refractivity contribution in [3.63, 3.8) is 0 Å². The zero-order valence-corrected chi connectivity index (χ0v) is 10.6. The molecule has 1 heterocycles. The summed E-state index contributed by atoms with van der Waals surface area (Å²) >= 11 is 0. The van der Waals surface area contributed by atoms with E-state index in [1.54, 1.807) is 0 Å². The number of aromatic nitrogens is 2. The molecule has 4 nitrogen and oxygen atoms in total. The van der Waals surface area contributed by atoms with Crippen molar-refractivity contribution < 1.29 is 4.74 Å². The lowest BCUT2D eigenvalue weighted by atomic mass is 10.2. The molecule has 0 saturated carbocycles. The molecule has 1 aromatic heterocycles. The second-order valence-electron chi connectivity index (χ2n) is 4.96. The van der Waals surface area contributed by atoms with E-state index in [0.29, 0.717) is 6.61 Å². The van der Waals surface area contributed by atoms with Crippen molar-refractivity contribution in [2.45, 2.75) is 45.8 Å². The van der Waals surface area contributed by atoms with Gasteiger partial charge in [0.15, 0.2) is 0 Å². The number of nitrogens with zero attached hydrogens (tertiary/aromatic N) is 2. The van der Waals surface area contributed by atoms with Crippen LogP contribution in [0.4, 0.5) is 0 Å². The molecule has 1 rings (SSSR count). The van der Waals surface area contributed by atoms with E-state index in [0.717, 1.165) is 25.9 Å². The summed E-state index contributed by atoms with van der Waals surface area (Å²) in [7, 11) is 0. The maximum Gasteiger partial charge on any atom is 0.0669 e. The summed E-state index contributed by atoms with van der Waals surface area (Å²) < 4.78 is 7.57. The lowest BCUT2D eigenvalue weighted by Crippen LogP contribution is -2.22. The number of hydrogen-bond acceptors (Lipinski definition) is 3. The Morgan fingerprint density at radius 1 is 1.44 bits per heavy atom. The van der Waals surface area contributed by atoms with Gasteiger partial charge in [0.2, 0.25) is 0 Å². The minimum absolute atomic E-state index is 0.0739. The highest BCUT2D eigenvalue weighted by atomic mass is 16.5. The van der Waals surface area contributed by atoms with E-state index in [4.69, 9.17) is 10.5 Å². The van der Waals surface area contributed by atoms with Crippen LogP contribution in [-0.2, 0) is 17.7 Å². The molecule has 0 bridgehead atoms. The van der Waals surface area contributed by atoms with Crippen molar-refractivity contribution in [2.24, 2.45) is 5.73 Å². The van der Waals surface area contributed by atoms with Crippen LogP contribution in [0.25, 0.3) is 0 Å². The van der Waals surface area contributed by atoms with Gasteiger partial charge in [-0.15, -0.1) is 0 Å². The van der Waals surface area contributed by atoms with Gasteiger partial charge in [0.05, 0.1) is 24.9 Å². The van der Waals surface area contributed by atoms with Gasteiger partial charge in [-0.1, -0.05) is 0 Å². The van der Waals surface area contributed by atoms with Gasteiger partial charge < -0.3 is 10.5 Å². The average molecular weight is 225 g/mol. The third kappa shape index (κ3) is 5.28. The van der Waals surface area contributed by atoms with Crippen LogP contribution in [0.15, 0.2) is 12.4 Å². The van der Waals surface area contributed by atoms with Crippen LogP contribution in [0.2, 0.25) is 0 Å². The Morgan fingerprint density at radius 2 is 2.19 bits per heavy atom. The van der Waals surface area contributed by atoms with Gasteiger partial charge in [0.1, 0.15) is 0 Å². The first-order valence-corrected chi connectivity index (χ1v) is 5.86. The van der Waals surface area contributed by atoms with Crippen molar-refractivity contribution in [3.05, 3.63) is 18.0 Å². The van der Waals surface area contributed by atoms with E-state index >= 15 is 0 Å². The standard InChI is InChI=1S/C12H23N3O/c1-12(2,3)16-8-7-15-10-11(9-14-15)5-4-6-13/h9-10H,4-8,13H2,1-3H3. The quantitative estimate of drug-likeness (QED) is 0.800. The molecule has 0 aliphatic carbocycles. The second kappa shape index (κ2) is 6.01. The van der Waals surface area contributed by atoms with Crippen molar-refractivity contribution in [3.8, 4) is 0 Å². The van der Waals surface area contributed by atoms with Crippen LogP contribution < -0.4 is 5.73 Å². The lowest BCUT2D eigenvalue weighted by Gasteiger charge is -2.19. The summed E-state index contributed by atoms with van der Waals surface area (Å²) in [6, 6.07) is 0. The molecule has 2 N–H and O–H groups in total. The largest absolute Gasteiger partial charge is 0.374 e. The number of hydrogen-bond donors (Lipinski definition) is 1. The fourth-order valence-electron chi connectivity index (χ4n) is 1.41. The van der Waals surface area contributed by atoms with E-state index in [1.165, 1.54) is 5.56 Å². The van der Waals surface area contributed by atoms with Crippen LogP contribution in [0.5, 0.6) is 0 Å². The van der Waals surface area contributed by atoms with Gasteiger partial charge >= 0.3 is 0 Å². The van der Waals surface area contributed by atoms with E-state index in [1.807, 2.05) is 10.9 Å². The monoisotopic (exact) mass is 225 g/mol. The summed E-state index contributed by atoms with van der Waals surface area (Å²) in [5.41, 5.74) is 6.64. The van der Waals surface area contributed by atoms with Gasteiger partial charge in [-0.2, -0.15) is 5.10 Å². The highest BCUT2D eigenvalue weighted by Crippen LogP contribution is 2.07. The molecule has 0 aliphatic heterocycles. The molecule has 92 valence electrons. The van der Waals surface area contributed by atoms with Crippen molar-refractivity contribution in [2.75, 3.05) is 13.2 Å². The molecular weight excluding hydrogens is 202 g/mol. The molecule has 0 radical (unpaired) electrons. The summed E-state index contributed by atoms with van der Waals surface area (Å²) in [4.78, 5) is 0. The molecule has 0 amide bonds. The molecule has 0 spiro atoms. The van der Waals surface area contributed by atoms with E-state index in [2.05, 4.69) is 32.1 Å². The predicted octanol–water partition coefficient (Wildman–Crippen LogP) is 1.59. The SMILES string of the molecule is CC(C)(C)OCCn1cc(CCCN)cn1. The maximum atomic E-state index is 5.64. The second-order valence-corrected chi connectivity index (χ2v) is 4.96. The summed E-state index contributed by atoms with van der Waals surface area (Å²) in [5, 5.41) is 4.28. The van der Waals surface area contributed by atoms with Gasteiger partial charge in [-0.3, -0.25) is 4.68 Å². The van der Waals surface area contributed by atoms with Gasteiger partial charge in [0, 0.05) is 6.20 Å². The smallest absolute Gasteiger partial charge is 0.0669 e. The van der Waals surface area contributed by atoms with Gasteiger partial charge in [-0.05, 0) is 45.7 Å². The summed E-state index contributed by atoms with van der Waals surface area (Å²) in [5.74, 6) is 0. The Hall–Kier alpha value is -0.870. The van der Waals surface area contributed by atoms with Crippen LogP contribution in [0.1, 0.15) is 32.8 Å².